The second kappa shape index (κ2) is 10.9. The molecule has 0 radical (unpaired) electrons. The minimum atomic E-state index is -4.42. The van der Waals surface area contributed by atoms with Crippen LogP contribution in [0.15, 0.2) is 24.3 Å². The smallest absolute Gasteiger partial charge is 0.379 e. The van der Waals surface area contributed by atoms with Crippen LogP contribution >= 0.6 is 0 Å². The maximum atomic E-state index is 12.7. The number of hydrogen-bond acceptors (Lipinski definition) is 4. The zero-order valence-corrected chi connectivity index (χ0v) is 17.6. The average molecular weight is 441 g/mol. The lowest BCUT2D eigenvalue weighted by Crippen LogP contribution is -2.43. The number of ether oxygens (including phenoxy) is 1. The van der Waals surface area contributed by atoms with E-state index >= 15 is 0 Å². The first kappa shape index (κ1) is 23.5. The monoisotopic (exact) mass is 441 g/mol. The van der Waals surface area contributed by atoms with Gasteiger partial charge in [-0.2, -0.15) is 13.2 Å². The van der Waals surface area contributed by atoms with Crippen molar-refractivity contribution in [2.24, 2.45) is 5.92 Å². The number of carbonyl (C=O) groups excluding carboxylic acids is 2. The van der Waals surface area contributed by atoms with E-state index < -0.39 is 11.7 Å². The number of morpholine rings is 1. The first-order valence-corrected chi connectivity index (χ1v) is 10.9. The van der Waals surface area contributed by atoms with Crippen molar-refractivity contribution < 1.29 is 27.5 Å². The summed E-state index contributed by atoms with van der Waals surface area (Å²) < 4.78 is 43.3. The number of nitrogens with one attached hydrogen (secondary N) is 1. The summed E-state index contributed by atoms with van der Waals surface area (Å²) in [5.74, 6) is -0.403. The van der Waals surface area contributed by atoms with Crippen LogP contribution in [0.3, 0.4) is 0 Å². The summed E-state index contributed by atoms with van der Waals surface area (Å²) in [6.45, 7) is 6.03. The molecule has 9 heteroatoms. The Morgan fingerprint density at radius 1 is 1.00 bits per heavy atom. The van der Waals surface area contributed by atoms with Gasteiger partial charge in [0.1, 0.15) is 0 Å². The van der Waals surface area contributed by atoms with Gasteiger partial charge in [-0.1, -0.05) is 0 Å². The van der Waals surface area contributed by atoms with E-state index in [0.29, 0.717) is 32.5 Å². The summed E-state index contributed by atoms with van der Waals surface area (Å²) >= 11 is 0. The molecule has 0 aromatic heterocycles. The Bertz CT molecular complexity index is 726. The third-order valence-electron chi connectivity index (χ3n) is 5.92. The SMILES string of the molecule is O=C(NCCCCN1CCOCC1)C1CCN(C(=O)c2ccc(C(F)(F)F)cc2)CC1. The molecule has 172 valence electrons. The number of alkyl halides is 3. The molecule has 1 N–H and O–H groups in total. The quantitative estimate of drug-likeness (QED) is 0.661. The molecule has 1 aromatic rings. The summed E-state index contributed by atoms with van der Waals surface area (Å²) in [5, 5.41) is 2.99. The molecule has 2 fully saturated rings. The van der Waals surface area contributed by atoms with Crippen molar-refractivity contribution in [1.29, 1.82) is 0 Å². The number of halogens is 3. The molecule has 6 nitrogen and oxygen atoms in total. The molecular weight excluding hydrogens is 411 g/mol. The number of benzene rings is 1. The lowest BCUT2D eigenvalue weighted by molar-refractivity contribution is -0.137. The van der Waals surface area contributed by atoms with Crippen LogP contribution in [0, 0.1) is 5.92 Å². The van der Waals surface area contributed by atoms with Gasteiger partial charge >= 0.3 is 6.18 Å². The van der Waals surface area contributed by atoms with Gasteiger partial charge in [-0.25, -0.2) is 0 Å². The van der Waals surface area contributed by atoms with Gasteiger partial charge in [-0.3, -0.25) is 14.5 Å². The summed E-state index contributed by atoms with van der Waals surface area (Å²) in [7, 11) is 0. The van der Waals surface area contributed by atoms with Crippen LogP contribution < -0.4 is 5.32 Å². The van der Waals surface area contributed by atoms with Gasteiger partial charge in [0.05, 0.1) is 18.8 Å². The highest BCUT2D eigenvalue weighted by atomic mass is 19.4. The maximum absolute atomic E-state index is 12.7. The molecule has 1 aromatic carbocycles. The molecule has 0 unspecified atom stereocenters. The zero-order chi connectivity index (χ0) is 22.3. The predicted octanol–water partition coefficient (Wildman–Crippen LogP) is 2.79. The molecule has 0 saturated carbocycles. The lowest BCUT2D eigenvalue weighted by atomic mass is 9.95. The fourth-order valence-electron chi connectivity index (χ4n) is 3.97. The first-order valence-electron chi connectivity index (χ1n) is 10.9. The van der Waals surface area contributed by atoms with Gasteiger partial charge in [-0.05, 0) is 56.5 Å². The van der Waals surface area contributed by atoms with Crippen LogP contribution in [0.25, 0.3) is 0 Å². The minimum Gasteiger partial charge on any atom is -0.379 e. The highest BCUT2D eigenvalue weighted by Crippen LogP contribution is 2.29. The van der Waals surface area contributed by atoms with Crippen LogP contribution in [-0.4, -0.2) is 74.1 Å². The van der Waals surface area contributed by atoms with Crippen molar-refractivity contribution in [2.45, 2.75) is 31.9 Å². The summed E-state index contributed by atoms with van der Waals surface area (Å²) in [4.78, 5) is 28.9. The van der Waals surface area contributed by atoms with Gasteiger partial charge in [0.15, 0.2) is 0 Å². The summed E-state index contributed by atoms with van der Waals surface area (Å²) in [5.41, 5.74) is -0.541. The van der Waals surface area contributed by atoms with Crippen molar-refractivity contribution in [3.63, 3.8) is 0 Å². The third kappa shape index (κ3) is 6.93. The van der Waals surface area contributed by atoms with Crippen molar-refractivity contribution >= 4 is 11.8 Å². The largest absolute Gasteiger partial charge is 0.416 e. The van der Waals surface area contributed by atoms with Gasteiger partial charge in [0.2, 0.25) is 5.91 Å². The van der Waals surface area contributed by atoms with Crippen LogP contribution in [0.1, 0.15) is 41.6 Å². The highest BCUT2D eigenvalue weighted by molar-refractivity contribution is 5.94. The van der Waals surface area contributed by atoms with Crippen molar-refractivity contribution in [2.75, 3.05) is 52.5 Å². The Balaban J connectivity index is 1.34. The number of hydrogen-bond donors (Lipinski definition) is 1. The number of piperidine rings is 1. The molecule has 2 saturated heterocycles. The molecule has 31 heavy (non-hydrogen) atoms. The van der Waals surface area contributed by atoms with E-state index in [1.807, 2.05) is 0 Å². The normalized spacial score (nSPS) is 18.7. The molecule has 2 heterocycles. The van der Waals surface area contributed by atoms with E-state index in [9.17, 15) is 22.8 Å². The average Bonchev–Trinajstić information content (AvgIpc) is 2.78. The zero-order valence-electron chi connectivity index (χ0n) is 17.6. The highest BCUT2D eigenvalue weighted by Gasteiger charge is 2.31. The van der Waals surface area contributed by atoms with Crippen LogP contribution in [0.5, 0.6) is 0 Å². The third-order valence-corrected chi connectivity index (χ3v) is 5.92. The number of carbonyl (C=O) groups is 2. The second-order valence-electron chi connectivity index (χ2n) is 8.09. The van der Waals surface area contributed by atoms with Gasteiger partial charge in [0.25, 0.3) is 5.91 Å². The number of amides is 2. The molecule has 0 atom stereocenters. The number of unbranched alkanes of at least 4 members (excludes halogenated alkanes) is 1. The van der Waals surface area contributed by atoms with Crippen LogP contribution in [-0.2, 0) is 15.7 Å². The molecule has 0 bridgehead atoms. The fraction of sp³-hybridized carbons (Fsp3) is 0.636. The first-order chi connectivity index (χ1) is 14.8. The Morgan fingerprint density at radius 3 is 2.26 bits per heavy atom. The van der Waals surface area contributed by atoms with Gasteiger partial charge in [0, 0.05) is 44.2 Å². The molecule has 0 spiro atoms. The Kier molecular flexibility index (Phi) is 8.31. The minimum absolute atomic E-state index is 0.0213. The van der Waals surface area contributed by atoms with E-state index in [1.165, 1.54) is 12.1 Å². The Morgan fingerprint density at radius 2 is 1.65 bits per heavy atom. The van der Waals surface area contributed by atoms with E-state index in [2.05, 4.69) is 10.2 Å². The van der Waals surface area contributed by atoms with E-state index in [1.54, 1.807) is 4.90 Å². The van der Waals surface area contributed by atoms with Gasteiger partial charge in [-0.15, -0.1) is 0 Å². The van der Waals surface area contributed by atoms with E-state index in [-0.39, 0.29) is 23.3 Å². The summed E-state index contributed by atoms with van der Waals surface area (Å²) in [6.07, 6.45) is -1.34. The van der Waals surface area contributed by atoms with Crippen molar-refractivity contribution in [3.8, 4) is 0 Å². The number of likely N-dealkylation sites (tertiary alicyclic amines) is 1. The topological polar surface area (TPSA) is 61.9 Å². The number of rotatable bonds is 7. The molecule has 2 amide bonds. The van der Waals surface area contributed by atoms with Crippen molar-refractivity contribution in [3.05, 3.63) is 35.4 Å². The molecule has 2 aliphatic heterocycles. The number of nitrogens with zero attached hydrogens (tertiary/aromatic N) is 2. The van der Waals surface area contributed by atoms with Gasteiger partial charge < -0.3 is 15.0 Å². The van der Waals surface area contributed by atoms with E-state index in [4.69, 9.17) is 4.74 Å². The Hall–Kier alpha value is -2.13. The predicted molar refractivity (Wildman–Crippen MR) is 110 cm³/mol. The lowest BCUT2D eigenvalue weighted by Gasteiger charge is -2.31. The molecular formula is C22H30F3N3O3. The molecule has 0 aliphatic carbocycles. The van der Waals surface area contributed by atoms with Crippen LogP contribution in [0.4, 0.5) is 13.2 Å². The molecule has 2 aliphatic rings. The molecule has 3 rings (SSSR count). The Labute approximate surface area is 180 Å². The second-order valence-corrected chi connectivity index (χ2v) is 8.09. The summed E-state index contributed by atoms with van der Waals surface area (Å²) in [6, 6.07) is 4.26. The fourth-order valence-corrected chi connectivity index (χ4v) is 3.97. The standard InChI is InChI=1S/C22H30F3N3O3/c23-22(24,25)19-5-3-18(4-6-19)21(30)28-11-7-17(8-12-28)20(29)26-9-1-2-10-27-13-15-31-16-14-27/h3-6,17H,1-2,7-16H2,(H,26,29). The maximum Gasteiger partial charge on any atom is 0.416 e. The van der Waals surface area contributed by atoms with Crippen LogP contribution in [0.2, 0.25) is 0 Å². The van der Waals surface area contributed by atoms with Crippen molar-refractivity contribution in [1.82, 2.24) is 15.1 Å². The van der Waals surface area contributed by atoms with E-state index in [0.717, 1.165) is 57.8 Å².